The first-order valence-corrected chi connectivity index (χ1v) is 9.84. The summed E-state index contributed by atoms with van der Waals surface area (Å²) in [6.45, 7) is 2.36. The van der Waals surface area contributed by atoms with Crippen LogP contribution in [0.2, 0.25) is 0 Å². The number of carbonyl (C=O) groups is 2. The molecule has 3 rings (SSSR count). The Kier molecular flexibility index (Phi) is 8.71. The molecule has 2 N–H and O–H groups in total. The Bertz CT molecular complexity index is 704. The van der Waals surface area contributed by atoms with Crippen LogP contribution in [-0.4, -0.2) is 47.4 Å². The molecule has 2 amide bonds. The monoisotopic (exact) mass is 408 g/mol. The number of rotatable bonds is 6. The van der Waals surface area contributed by atoms with Gasteiger partial charge in [-0.2, -0.15) is 0 Å². The Morgan fingerprint density at radius 1 is 1.22 bits per heavy atom. The molecule has 0 aliphatic carbocycles. The van der Waals surface area contributed by atoms with E-state index in [1.165, 1.54) is 11.3 Å². The summed E-state index contributed by atoms with van der Waals surface area (Å²) in [6.07, 6.45) is 4.66. The molecule has 2 aromatic rings. The third-order valence-corrected chi connectivity index (χ3v) is 5.38. The van der Waals surface area contributed by atoms with Crippen LogP contribution in [0.4, 0.5) is 0 Å². The van der Waals surface area contributed by atoms with E-state index in [0.717, 1.165) is 38.0 Å². The summed E-state index contributed by atoms with van der Waals surface area (Å²) in [4.78, 5) is 31.9. The first-order valence-electron chi connectivity index (χ1n) is 8.96. The summed E-state index contributed by atoms with van der Waals surface area (Å²) in [5.74, 6) is -0.263. The Balaban J connectivity index is 0.00000261. The van der Waals surface area contributed by atoms with E-state index in [-0.39, 0.29) is 36.8 Å². The van der Waals surface area contributed by atoms with Gasteiger partial charge in [-0.05, 0) is 55.9 Å². The maximum atomic E-state index is 12.9. The molecule has 1 fully saturated rings. The van der Waals surface area contributed by atoms with Crippen LogP contribution in [0.5, 0.6) is 0 Å². The summed E-state index contributed by atoms with van der Waals surface area (Å²) in [5, 5.41) is 7.98. The number of nitrogens with one attached hydrogen (secondary N) is 2. The summed E-state index contributed by atoms with van der Waals surface area (Å²) in [7, 11) is 0. The largest absolute Gasteiger partial charge is 0.342 e. The topological polar surface area (TPSA) is 74.3 Å². The maximum Gasteiger partial charge on any atom is 0.261 e. The Hall–Kier alpha value is -1.96. The average molecular weight is 409 g/mol. The van der Waals surface area contributed by atoms with Crippen LogP contribution in [0.25, 0.3) is 0 Å². The minimum Gasteiger partial charge on any atom is -0.342 e. The van der Waals surface area contributed by atoms with Crippen molar-refractivity contribution in [2.24, 2.45) is 0 Å². The van der Waals surface area contributed by atoms with Gasteiger partial charge in [0.05, 0.1) is 23.7 Å². The van der Waals surface area contributed by atoms with Crippen molar-refractivity contribution in [1.82, 2.24) is 20.5 Å². The molecule has 1 atom stereocenters. The van der Waals surface area contributed by atoms with Crippen LogP contribution in [-0.2, 0) is 11.3 Å². The standard InChI is InChI=1S/C19H24N4O2S.ClH/c24-18(13-22-19(25)17-7-4-12-26-17)23(14-15-5-1-2-10-21-15)16-6-3-9-20-11-8-16;/h1-2,4-5,7,10,12,16,20H,3,6,8-9,11,13-14H2,(H,22,25);1H. The molecule has 0 bridgehead atoms. The fourth-order valence-electron chi connectivity index (χ4n) is 3.15. The fraction of sp³-hybridized carbons (Fsp3) is 0.421. The van der Waals surface area contributed by atoms with E-state index >= 15 is 0 Å². The number of aromatic nitrogens is 1. The molecule has 2 aromatic heterocycles. The van der Waals surface area contributed by atoms with Crippen molar-refractivity contribution in [2.75, 3.05) is 19.6 Å². The smallest absolute Gasteiger partial charge is 0.261 e. The van der Waals surface area contributed by atoms with E-state index in [1.54, 1.807) is 12.3 Å². The molecule has 0 radical (unpaired) electrons. The van der Waals surface area contributed by atoms with Gasteiger partial charge in [-0.25, -0.2) is 0 Å². The number of pyridine rings is 1. The van der Waals surface area contributed by atoms with Crippen molar-refractivity contribution in [1.29, 1.82) is 0 Å². The third kappa shape index (κ3) is 6.30. The Morgan fingerprint density at radius 2 is 2.11 bits per heavy atom. The first kappa shape index (κ1) is 21.3. The number of amides is 2. The van der Waals surface area contributed by atoms with Crippen LogP contribution in [0.15, 0.2) is 41.9 Å². The lowest BCUT2D eigenvalue weighted by atomic mass is 10.1. The van der Waals surface area contributed by atoms with Gasteiger partial charge in [0.2, 0.25) is 5.91 Å². The molecule has 3 heterocycles. The number of hydrogen-bond donors (Lipinski definition) is 2. The molecule has 1 saturated heterocycles. The number of carbonyl (C=O) groups excluding carboxylic acids is 2. The molecule has 6 nitrogen and oxygen atoms in total. The molecule has 0 spiro atoms. The number of hydrogen-bond acceptors (Lipinski definition) is 5. The highest BCUT2D eigenvalue weighted by molar-refractivity contribution is 7.12. The van der Waals surface area contributed by atoms with E-state index < -0.39 is 0 Å². The van der Waals surface area contributed by atoms with Gasteiger partial charge in [-0.1, -0.05) is 12.1 Å². The second-order valence-corrected chi connectivity index (χ2v) is 7.29. The van der Waals surface area contributed by atoms with Gasteiger partial charge < -0.3 is 15.5 Å². The van der Waals surface area contributed by atoms with Crippen molar-refractivity contribution in [2.45, 2.75) is 31.8 Å². The van der Waals surface area contributed by atoms with Gasteiger partial charge in [0.1, 0.15) is 0 Å². The zero-order valence-electron chi connectivity index (χ0n) is 15.1. The summed E-state index contributed by atoms with van der Waals surface area (Å²) in [6, 6.07) is 9.48. The van der Waals surface area contributed by atoms with Crippen molar-refractivity contribution in [3.05, 3.63) is 52.5 Å². The molecule has 1 aliphatic rings. The van der Waals surface area contributed by atoms with E-state index in [2.05, 4.69) is 15.6 Å². The average Bonchev–Trinajstić information content (AvgIpc) is 3.08. The van der Waals surface area contributed by atoms with Crippen molar-refractivity contribution in [3.8, 4) is 0 Å². The highest BCUT2D eigenvalue weighted by Gasteiger charge is 2.25. The number of thiophene rings is 1. The first-order chi connectivity index (χ1) is 12.7. The summed E-state index contributed by atoms with van der Waals surface area (Å²) in [5.41, 5.74) is 0.864. The van der Waals surface area contributed by atoms with Crippen LogP contribution in [0.3, 0.4) is 0 Å². The molecule has 1 aliphatic heterocycles. The summed E-state index contributed by atoms with van der Waals surface area (Å²) >= 11 is 1.37. The lowest BCUT2D eigenvalue weighted by Gasteiger charge is -2.31. The lowest BCUT2D eigenvalue weighted by molar-refractivity contribution is -0.133. The fourth-order valence-corrected chi connectivity index (χ4v) is 3.79. The third-order valence-electron chi connectivity index (χ3n) is 4.51. The van der Waals surface area contributed by atoms with Crippen molar-refractivity contribution >= 4 is 35.6 Å². The second kappa shape index (κ2) is 11.0. The number of halogens is 1. The van der Waals surface area contributed by atoms with Crippen LogP contribution < -0.4 is 10.6 Å². The predicted molar refractivity (Wildman–Crippen MR) is 109 cm³/mol. The molecular formula is C19H25ClN4O2S. The zero-order valence-corrected chi connectivity index (χ0v) is 16.7. The van der Waals surface area contributed by atoms with E-state index in [4.69, 9.17) is 0 Å². The second-order valence-electron chi connectivity index (χ2n) is 6.34. The van der Waals surface area contributed by atoms with Gasteiger partial charge in [0.15, 0.2) is 0 Å². The van der Waals surface area contributed by atoms with E-state index in [9.17, 15) is 9.59 Å². The Labute approximate surface area is 169 Å². The van der Waals surface area contributed by atoms with Crippen molar-refractivity contribution in [3.63, 3.8) is 0 Å². The molecular weight excluding hydrogens is 384 g/mol. The molecule has 0 saturated carbocycles. The quantitative estimate of drug-likeness (QED) is 0.770. The van der Waals surface area contributed by atoms with Crippen LogP contribution in [0.1, 0.15) is 34.6 Å². The molecule has 0 aromatic carbocycles. The molecule has 8 heteroatoms. The van der Waals surface area contributed by atoms with Gasteiger partial charge >= 0.3 is 0 Å². The molecule has 146 valence electrons. The highest BCUT2D eigenvalue weighted by Crippen LogP contribution is 2.16. The zero-order chi connectivity index (χ0) is 18.2. The number of nitrogens with zero attached hydrogens (tertiary/aromatic N) is 2. The normalized spacial score (nSPS) is 16.7. The summed E-state index contributed by atoms with van der Waals surface area (Å²) < 4.78 is 0. The minimum atomic E-state index is -0.200. The van der Waals surface area contributed by atoms with Gasteiger partial charge in [0, 0.05) is 12.2 Å². The predicted octanol–water partition coefficient (Wildman–Crippen LogP) is 2.47. The van der Waals surface area contributed by atoms with E-state index in [1.807, 2.05) is 34.5 Å². The molecule has 27 heavy (non-hydrogen) atoms. The van der Waals surface area contributed by atoms with Crippen LogP contribution in [0, 0.1) is 0 Å². The van der Waals surface area contributed by atoms with Gasteiger partial charge in [-0.3, -0.25) is 14.6 Å². The van der Waals surface area contributed by atoms with Crippen molar-refractivity contribution < 1.29 is 9.59 Å². The Morgan fingerprint density at radius 3 is 2.85 bits per heavy atom. The molecule has 1 unspecified atom stereocenters. The lowest BCUT2D eigenvalue weighted by Crippen LogP contribution is -2.45. The van der Waals surface area contributed by atoms with Gasteiger partial charge in [-0.15, -0.1) is 23.7 Å². The van der Waals surface area contributed by atoms with Gasteiger partial charge in [0.25, 0.3) is 5.91 Å². The van der Waals surface area contributed by atoms with E-state index in [0.29, 0.717) is 11.4 Å². The maximum absolute atomic E-state index is 12.9. The van der Waals surface area contributed by atoms with Crippen LogP contribution >= 0.6 is 23.7 Å². The SMILES string of the molecule is Cl.O=C(NCC(=O)N(Cc1ccccn1)C1CCCNCC1)c1cccs1. The minimum absolute atomic E-state index is 0. The highest BCUT2D eigenvalue weighted by atomic mass is 35.5.